The molecule has 0 heterocycles. The SMILES string of the molecule is Cc1c(F)cc(Cl)c(O)c1C#N. The van der Waals surface area contributed by atoms with Gasteiger partial charge in [-0.2, -0.15) is 5.26 Å². The molecule has 0 atom stereocenters. The van der Waals surface area contributed by atoms with Gasteiger partial charge in [-0.15, -0.1) is 0 Å². The predicted molar refractivity (Wildman–Crippen MR) is 42.5 cm³/mol. The molecule has 0 saturated carbocycles. The van der Waals surface area contributed by atoms with E-state index in [2.05, 4.69) is 0 Å². The van der Waals surface area contributed by atoms with Gasteiger partial charge in [0.05, 0.1) is 5.02 Å². The van der Waals surface area contributed by atoms with Crippen LogP contribution in [-0.2, 0) is 0 Å². The van der Waals surface area contributed by atoms with E-state index >= 15 is 0 Å². The van der Waals surface area contributed by atoms with E-state index in [0.717, 1.165) is 6.07 Å². The van der Waals surface area contributed by atoms with Crippen molar-refractivity contribution in [3.05, 3.63) is 28.0 Å². The van der Waals surface area contributed by atoms with Crippen LogP contribution < -0.4 is 0 Å². The Hall–Kier alpha value is -1.27. The fourth-order valence-electron chi connectivity index (χ4n) is 0.841. The van der Waals surface area contributed by atoms with Gasteiger partial charge in [0, 0.05) is 5.56 Å². The minimum Gasteiger partial charge on any atom is -0.505 e. The summed E-state index contributed by atoms with van der Waals surface area (Å²) in [6.45, 7) is 1.41. The molecular weight excluding hydrogens is 181 g/mol. The lowest BCUT2D eigenvalue weighted by Gasteiger charge is -2.03. The number of hydrogen-bond acceptors (Lipinski definition) is 2. The standard InChI is InChI=1S/C8H5ClFNO/c1-4-5(3-11)8(12)6(9)2-7(4)10/h2,12H,1H3. The summed E-state index contributed by atoms with van der Waals surface area (Å²) in [7, 11) is 0. The van der Waals surface area contributed by atoms with Crippen molar-refractivity contribution in [2.45, 2.75) is 6.92 Å². The predicted octanol–water partition coefficient (Wildman–Crippen LogP) is 2.36. The molecule has 0 amide bonds. The van der Waals surface area contributed by atoms with Crippen molar-refractivity contribution in [2.24, 2.45) is 0 Å². The van der Waals surface area contributed by atoms with Crippen LogP contribution >= 0.6 is 11.6 Å². The van der Waals surface area contributed by atoms with Crippen molar-refractivity contribution in [1.82, 2.24) is 0 Å². The van der Waals surface area contributed by atoms with Crippen LogP contribution in [0.25, 0.3) is 0 Å². The van der Waals surface area contributed by atoms with Crippen molar-refractivity contribution < 1.29 is 9.50 Å². The first-order valence-electron chi connectivity index (χ1n) is 3.15. The molecule has 4 heteroatoms. The normalized spacial score (nSPS) is 9.50. The zero-order valence-electron chi connectivity index (χ0n) is 6.23. The number of phenolic OH excluding ortho intramolecular Hbond substituents is 1. The largest absolute Gasteiger partial charge is 0.505 e. The molecule has 62 valence electrons. The summed E-state index contributed by atoms with van der Waals surface area (Å²) in [6, 6.07) is 2.65. The van der Waals surface area contributed by atoms with Gasteiger partial charge < -0.3 is 5.11 Å². The molecule has 1 rings (SSSR count). The zero-order valence-corrected chi connectivity index (χ0v) is 6.98. The van der Waals surface area contributed by atoms with Gasteiger partial charge in [0.15, 0.2) is 5.75 Å². The maximum atomic E-state index is 12.9. The van der Waals surface area contributed by atoms with Crippen LogP contribution in [0.15, 0.2) is 6.07 Å². The number of nitrogens with zero attached hydrogens (tertiary/aromatic N) is 1. The first kappa shape index (κ1) is 8.82. The molecule has 1 aromatic carbocycles. The number of hydrogen-bond donors (Lipinski definition) is 1. The highest BCUT2D eigenvalue weighted by Gasteiger charge is 2.12. The van der Waals surface area contributed by atoms with Gasteiger partial charge in [-0.25, -0.2) is 4.39 Å². The summed E-state index contributed by atoms with van der Waals surface area (Å²) < 4.78 is 12.9. The number of aromatic hydroxyl groups is 1. The van der Waals surface area contributed by atoms with E-state index in [-0.39, 0.29) is 21.9 Å². The third-order valence-corrected chi connectivity index (χ3v) is 1.85. The highest BCUT2D eigenvalue weighted by atomic mass is 35.5. The lowest BCUT2D eigenvalue weighted by atomic mass is 10.1. The van der Waals surface area contributed by atoms with Crippen LogP contribution in [0, 0.1) is 24.1 Å². The fraction of sp³-hybridized carbons (Fsp3) is 0.125. The number of rotatable bonds is 0. The Bertz CT molecular complexity index is 344. The second-order valence-electron chi connectivity index (χ2n) is 2.30. The second-order valence-corrected chi connectivity index (χ2v) is 2.71. The summed E-state index contributed by atoms with van der Waals surface area (Å²) >= 11 is 5.43. The quantitative estimate of drug-likeness (QED) is 0.674. The first-order chi connectivity index (χ1) is 5.57. The van der Waals surface area contributed by atoms with E-state index in [4.69, 9.17) is 16.9 Å². The minimum atomic E-state index is -0.589. The fourth-order valence-corrected chi connectivity index (χ4v) is 1.03. The number of phenols is 1. The third-order valence-electron chi connectivity index (χ3n) is 1.56. The molecule has 0 bridgehead atoms. The van der Waals surface area contributed by atoms with Crippen molar-refractivity contribution in [1.29, 1.82) is 5.26 Å². The van der Waals surface area contributed by atoms with Gasteiger partial charge >= 0.3 is 0 Å². The molecule has 0 spiro atoms. The Morgan fingerprint density at radius 3 is 2.75 bits per heavy atom. The van der Waals surface area contributed by atoms with E-state index in [0.29, 0.717) is 0 Å². The van der Waals surface area contributed by atoms with E-state index in [1.54, 1.807) is 6.07 Å². The summed E-state index contributed by atoms with van der Waals surface area (Å²) in [5, 5.41) is 17.6. The van der Waals surface area contributed by atoms with Gasteiger partial charge in [0.1, 0.15) is 17.4 Å². The average molecular weight is 186 g/mol. The van der Waals surface area contributed by atoms with Crippen LogP contribution in [0.1, 0.15) is 11.1 Å². The molecule has 0 aliphatic rings. The van der Waals surface area contributed by atoms with Gasteiger partial charge in [-0.3, -0.25) is 0 Å². The van der Waals surface area contributed by atoms with Crippen LogP contribution in [0.4, 0.5) is 4.39 Å². The Kier molecular flexibility index (Phi) is 2.20. The van der Waals surface area contributed by atoms with E-state index in [1.165, 1.54) is 6.92 Å². The van der Waals surface area contributed by atoms with Crippen LogP contribution in [0.2, 0.25) is 5.02 Å². The van der Waals surface area contributed by atoms with E-state index in [1.807, 2.05) is 0 Å². The maximum absolute atomic E-state index is 12.9. The average Bonchev–Trinajstić information content (AvgIpc) is 2.02. The van der Waals surface area contributed by atoms with Crippen molar-refractivity contribution in [3.63, 3.8) is 0 Å². The van der Waals surface area contributed by atoms with Crippen molar-refractivity contribution in [3.8, 4) is 11.8 Å². The monoisotopic (exact) mass is 185 g/mol. The lowest BCUT2D eigenvalue weighted by molar-refractivity contribution is 0.470. The summed E-state index contributed by atoms with van der Waals surface area (Å²) in [6.07, 6.45) is 0. The van der Waals surface area contributed by atoms with Crippen LogP contribution in [-0.4, -0.2) is 5.11 Å². The van der Waals surface area contributed by atoms with Gasteiger partial charge in [-0.1, -0.05) is 11.6 Å². The highest BCUT2D eigenvalue weighted by molar-refractivity contribution is 6.32. The molecule has 1 aromatic rings. The van der Waals surface area contributed by atoms with Gasteiger partial charge in [-0.05, 0) is 13.0 Å². The molecule has 0 aliphatic heterocycles. The highest BCUT2D eigenvalue weighted by Crippen LogP contribution is 2.30. The number of nitriles is 1. The second kappa shape index (κ2) is 3.00. The first-order valence-corrected chi connectivity index (χ1v) is 3.53. The van der Waals surface area contributed by atoms with E-state index < -0.39 is 5.82 Å². The molecule has 0 radical (unpaired) electrons. The third kappa shape index (κ3) is 1.21. The summed E-state index contributed by atoms with van der Waals surface area (Å²) in [4.78, 5) is 0. The van der Waals surface area contributed by atoms with Crippen LogP contribution in [0.3, 0.4) is 0 Å². The molecule has 0 saturated heterocycles. The zero-order chi connectivity index (χ0) is 9.30. The summed E-state index contributed by atoms with van der Waals surface area (Å²) in [5.74, 6) is -0.951. The van der Waals surface area contributed by atoms with Crippen molar-refractivity contribution in [2.75, 3.05) is 0 Å². The molecule has 0 unspecified atom stereocenters. The number of halogens is 2. The van der Waals surface area contributed by atoms with E-state index in [9.17, 15) is 9.50 Å². The van der Waals surface area contributed by atoms with Crippen molar-refractivity contribution >= 4 is 11.6 Å². The Labute approximate surface area is 73.8 Å². The molecule has 0 aromatic heterocycles. The van der Waals surface area contributed by atoms with Crippen LogP contribution in [0.5, 0.6) is 5.75 Å². The molecule has 0 fully saturated rings. The summed E-state index contributed by atoms with van der Waals surface area (Å²) in [5.41, 5.74) is -0.000556. The molecule has 2 nitrogen and oxygen atoms in total. The Morgan fingerprint density at radius 2 is 2.25 bits per heavy atom. The topological polar surface area (TPSA) is 44.0 Å². The Morgan fingerprint density at radius 1 is 1.67 bits per heavy atom. The van der Waals surface area contributed by atoms with Gasteiger partial charge in [0.25, 0.3) is 0 Å². The minimum absolute atomic E-state index is 0.111. The number of benzene rings is 1. The molecular formula is C8H5ClFNO. The smallest absolute Gasteiger partial charge is 0.152 e. The molecule has 0 aliphatic carbocycles. The lowest BCUT2D eigenvalue weighted by Crippen LogP contribution is -1.89. The Balaban J connectivity index is 3.56. The molecule has 1 N–H and O–H groups in total. The maximum Gasteiger partial charge on any atom is 0.152 e. The molecule has 12 heavy (non-hydrogen) atoms. The van der Waals surface area contributed by atoms with Gasteiger partial charge in [0.2, 0.25) is 0 Å².